The lowest BCUT2D eigenvalue weighted by molar-refractivity contribution is 0.0693. The largest absolute Gasteiger partial charge is 0.504 e. The van der Waals surface area contributed by atoms with Gasteiger partial charge in [-0.15, -0.1) is 11.6 Å². The standard InChI is InChI=1S/C7H6O4.C4H7Cl/c8-5-3-1-2-4(6(5)9)7(10)11;1-4(2)3-5/h1-3,8-9H,(H,10,11);1,3H2,2H3. The maximum Gasteiger partial charge on any atom is 0.339 e. The van der Waals surface area contributed by atoms with Crippen LogP contribution in [0.2, 0.25) is 0 Å². The number of aromatic carboxylic acids is 1. The van der Waals surface area contributed by atoms with Crippen molar-refractivity contribution in [3.8, 4) is 11.5 Å². The molecular formula is C11H13ClO4. The molecule has 3 N–H and O–H groups in total. The maximum absolute atomic E-state index is 10.3. The number of para-hydroxylation sites is 1. The molecular weight excluding hydrogens is 232 g/mol. The Bertz CT molecular complexity index is 388. The van der Waals surface area contributed by atoms with Crippen LogP contribution in [0.5, 0.6) is 11.5 Å². The molecule has 0 spiro atoms. The summed E-state index contributed by atoms with van der Waals surface area (Å²) in [5.74, 6) is -1.71. The van der Waals surface area contributed by atoms with Crippen LogP contribution in [0.25, 0.3) is 0 Å². The minimum Gasteiger partial charge on any atom is -0.504 e. The van der Waals surface area contributed by atoms with Gasteiger partial charge in [-0.25, -0.2) is 4.79 Å². The molecule has 0 bridgehead atoms. The minimum atomic E-state index is -1.27. The van der Waals surface area contributed by atoms with Crippen molar-refractivity contribution in [3.05, 3.63) is 35.9 Å². The van der Waals surface area contributed by atoms with E-state index in [1.165, 1.54) is 18.2 Å². The zero-order valence-corrected chi connectivity index (χ0v) is 9.53. The fourth-order valence-electron chi connectivity index (χ4n) is 0.704. The van der Waals surface area contributed by atoms with Gasteiger partial charge in [0, 0.05) is 5.88 Å². The first-order valence-corrected chi connectivity index (χ1v) is 4.88. The van der Waals surface area contributed by atoms with E-state index in [2.05, 4.69) is 6.58 Å². The molecule has 16 heavy (non-hydrogen) atoms. The Hall–Kier alpha value is -1.68. The van der Waals surface area contributed by atoms with E-state index in [0.29, 0.717) is 5.88 Å². The highest BCUT2D eigenvalue weighted by molar-refractivity contribution is 6.19. The average Bonchev–Trinajstić information content (AvgIpc) is 2.22. The number of benzene rings is 1. The Kier molecular flexibility index (Phi) is 6.03. The van der Waals surface area contributed by atoms with Crippen molar-refractivity contribution in [2.24, 2.45) is 0 Å². The van der Waals surface area contributed by atoms with Gasteiger partial charge in [0.1, 0.15) is 5.56 Å². The Morgan fingerprint density at radius 3 is 2.25 bits per heavy atom. The van der Waals surface area contributed by atoms with Crippen molar-refractivity contribution in [2.45, 2.75) is 6.92 Å². The number of carboxylic acids is 1. The number of allylic oxidation sites excluding steroid dienone is 1. The van der Waals surface area contributed by atoms with Crippen LogP contribution in [0.4, 0.5) is 0 Å². The van der Waals surface area contributed by atoms with E-state index in [4.69, 9.17) is 26.9 Å². The first-order chi connectivity index (χ1) is 7.40. The summed E-state index contributed by atoms with van der Waals surface area (Å²) in [5.41, 5.74) is 0.719. The number of phenols is 2. The topological polar surface area (TPSA) is 77.8 Å². The third kappa shape index (κ3) is 4.70. The van der Waals surface area contributed by atoms with Crippen molar-refractivity contribution in [3.63, 3.8) is 0 Å². The summed E-state index contributed by atoms with van der Waals surface area (Å²) in [5, 5.41) is 26.2. The average molecular weight is 245 g/mol. The van der Waals surface area contributed by atoms with Gasteiger partial charge in [-0.2, -0.15) is 0 Å². The fraction of sp³-hybridized carbons (Fsp3) is 0.182. The molecule has 0 saturated carbocycles. The summed E-state index contributed by atoms with van der Waals surface area (Å²) in [7, 11) is 0. The molecule has 0 amide bonds. The highest BCUT2D eigenvalue weighted by Gasteiger charge is 2.11. The SMILES string of the molecule is C=C(C)CCl.O=C(O)c1cccc(O)c1O. The lowest BCUT2D eigenvalue weighted by atomic mass is 10.2. The highest BCUT2D eigenvalue weighted by atomic mass is 35.5. The van der Waals surface area contributed by atoms with Crippen molar-refractivity contribution in [1.82, 2.24) is 0 Å². The molecule has 88 valence electrons. The smallest absolute Gasteiger partial charge is 0.339 e. The van der Waals surface area contributed by atoms with Gasteiger partial charge >= 0.3 is 5.97 Å². The van der Waals surface area contributed by atoms with Gasteiger partial charge in [-0.3, -0.25) is 0 Å². The summed E-state index contributed by atoms with van der Waals surface area (Å²) in [6.07, 6.45) is 0. The molecule has 0 radical (unpaired) electrons. The molecule has 0 aliphatic carbocycles. The summed E-state index contributed by atoms with van der Waals surface area (Å²) < 4.78 is 0. The second-order valence-corrected chi connectivity index (χ2v) is 3.34. The van der Waals surface area contributed by atoms with E-state index >= 15 is 0 Å². The second kappa shape index (κ2) is 6.74. The number of hydrogen-bond donors (Lipinski definition) is 3. The Morgan fingerprint density at radius 1 is 1.44 bits per heavy atom. The quantitative estimate of drug-likeness (QED) is 0.425. The minimum absolute atomic E-state index is 0.301. The van der Waals surface area contributed by atoms with E-state index in [1.54, 1.807) is 0 Å². The summed E-state index contributed by atoms with van der Waals surface area (Å²) in [6, 6.07) is 3.76. The van der Waals surface area contributed by atoms with Gasteiger partial charge in [0.05, 0.1) is 0 Å². The van der Waals surface area contributed by atoms with Gasteiger partial charge in [-0.1, -0.05) is 18.2 Å². The Balaban J connectivity index is 0.000000385. The third-order valence-corrected chi connectivity index (χ3v) is 1.93. The van der Waals surface area contributed by atoms with Crippen molar-refractivity contribution >= 4 is 17.6 Å². The molecule has 0 aliphatic heterocycles. The van der Waals surface area contributed by atoms with Crippen molar-refractivity contribution < 1.29 is 20.1 Å². The molecule has 0 heterocycles. The second-order valence-electron chi connectivity index (χ2n) is 3.07. The van der Waals surface area contributed by atoms with Gasteiger partial charge in [0.15, 0.2) is 11.5 Å². The van der Waals surface area contributed by atoms with Gasteiger partial charge < -0.3 is 15.3 Å². The summed E-state index contributed by atoms with van der Waals surface area (Å²) in [4.78, 5) is 10.3. The number of hydrogen-bond acceptors (Lipinski definition) is 3. The van der Waals surface area contributed by atoms with Crippen LogP contribution < -0.4 is 0 Å². The monoisotopic (exact) mass is 244 g/mol. The Morgan fingerprint density at radius 2 is 1.94 bits per heavy atom. The van der Waals surface area contributed by atoms with E-state index in [0.717, 1.165) is 5.57 Å². The van der Waals surface area contributed by atoms with Crippen LogP contribution >= 0.6 is 11.6 Å². The van der Waals surface area contributed by atoms with Crippen molar-refractivity contribution in [1.29, 1.82) is 0 Å². The molecule has 0 saturated heterocycles. The van der Waals surface area contributed by atoms with Gasteiger partial charge in [0.25, 0.3) is 0 Å². The van der Waals surface area contributed by atoms with E-state index < -0.39 is 17.5 Å². The van der Waals surface area contributed by atoms with Gasteiger partial charge in [-0.05, 0) is 19.1 Å². The van der Waals surface area contributed by atoms with E-state index in [9.17, 15) is 4.79 Å². The molecule has 0 aliphatic rings. The van der Waals surface area contributed by atoms with Crippen LogP contribution in [-0.4, -0.2) is 27.2 Å². The first kappa shape index (κ1) is 14.3. The Labute approximate surface area is 98.4 Å². The summed E-state index contributed by atoms with van der Waals surface area (Å²) >= 11 is 5.24. The molecule has 1 rings (SSSR count). The van der Waals surface area contributed by atoms with Crippen LogP contribution in [0.3, 0.4) is 0 Å². The number of alkyl halides is 1. The number of phenolic OH excluding ortho intramolecular Hbond substituents is 1. The number of carboxylic acid groups (broad SMARTS) is 1. The molecule has 5 heteroatoms. The zero-order valence-electron chi connectivity index (χ0n) is 8.77. The zero-order chi connectivity index (χ0) is 12.7. The predicted molar refractivity (Wildman–Crippen MR) is 62.3 cm³/mol. The van der Waals surface area contributed by atoms with Crippen LogP contribution in [-0.2, 0) is 0 Å². The normalized spacial score (nSPS) is 8.88. The van der Waals surface area contributed by atoms with Crippen LogP contribution in [0.15, 0.2) is 30.4 Å². The lowest BCUT2D eigenvalue weighted by Crippen LogP contribution is -1.95. The van der Waals surface area contributed by atoms with E-state index in [1.807, 2.05) is 6.92 Å². The lowest BCUT2D eigenvalue weighted by Gasteiger charge is -1.99. The molecule has 4 nitrogen and oxygen atoms in total. The maximum atomic E-state index is 10.3. The predicted octanol–water partition coefficient (Wildman–Crippen LogP) is 2.60. The molecule has 0 unspecified atom stereocenters. The van der Waals surface area contributed by atoms with Crippen molar-refractivity contribution in [2.75, 3.05) is 5.88 Å². The molecule has 1 aromatic rings. The fourth-order valence-corrected chi connectivity index (χ4v) is 0.704. The molecule has 0 fully saturated rings. The molecule has 0 atom stereocenters. The number of rotatable bonds is 2. The number of halogens is 1. The van der Waals surface area contributed by atoms with Crippen LogP contribution in [0.1, 0.15) is 17.3 Å². The first-order valence-electron chi connectivity index (χ1n) is 4.34. The van der Waals surface area contributed by atoms with Crippen LogP contribution in [0, 0.1) is 0 Å². The third-order valence-electron chi connectivity index (χ3n) is 1.47. The number of aromatic hydroxyl groups is 2. The number of carbonyl (C=O) groups is 1. The molecule has 1 aromatic carbocycles. The van der Waals surface area contributed by atoms with E-state index in [-0.39, 0.29) is 5.56 Å². The summed E-state index contributed by atoms with van der Waals surface area (Å²) in [6.45, 7) is 5.44. The van der Waals surface area contributed by atoms with Gasteiger partial charge in [0.2, 0.25) is 0 Å². The highest BCUT2D eigenvalue weighted by Crippen LogP contribution is 2.27. The molecule has 0 aromatic heterocycles.